The lowest BCUT2D eigenvalue weighted by Crippen LogP contribution is -2.40. The minimum atomic E-state index is 0. The van der Waals surface area contributed by atoms with Crippen LogP contribution < -0.4 is 10.6 Å². The van der Waals surface area contributed by atoms with Gasteiger partial charge in [-0.3, -0.25) is 9.89 Å². The van der Waals surface area contributed by atoms with Gasteiger partial charge in [-0.05, 0) is 43.4 Å². The molecule has 1 atom stereocenters. The van der Waals surface area contributed by atoms with E-state index in [1.807, 2.05) is 0 Å². The average molecular weight is 513 g/mol. The van der Waals surface area contributed by atoms with Crippen LogP contribution >= 0.6 is 24.0 Å². The van der Waals surface area contributed by atoms with Crippen molar-refractivity contribution in [3.63, 3.8) is 0 Å². The fourth-order valence-electron chi connectivity index (χ4n) is 3.69. The standard InChI is InChI=1S/C22H35N5O.HI/c1-4-23-22(26-14-18(3)16-27-9-11-28-12-10-27)24-8-7-19-15-25-21-13-17(2)5-6-20(19)21;/h5-6,13,15,18,25H,4,7-12,14,16H2,1-3H3,(H2,23,24,26);1H. The highest BCUT2D eigenvalue weighted by Crippen LogP contribution is 2.19. The van der Waals surface area contributed by atoms with Crippen LogP contribution in [-0.4, -0.2) is 68.3 Å². The second kappa shape index (κ2) is 12.4. The van der Waals surface area contributed by atoms with Crippen molar-refractivity contribution >= 4 is 40.8 Å². The zero-order chi connectivity index (χ0) is 19.8. The van der Waals surface area contributed by atoms with Crippen molar-refractivity contribution in [2.75, 3.05) is 52.5 Å². The minimum Gasteiger partial charge on any atom is -0.379 e. The molecule has 7 heteroatoms. The number of benzene rings is 1. The molecule has 0 saturated carbocycles. The molecule has 1 aromatic carbocycles. The Balaban J connectivity index is 0.00000300. The van der Waals surface area contributed by atoms with Crippen LogP contribution in [0.25, 0.3) is 10.9 Å². The van der Waals surface area contributed by atoms with E-state index in [1.54, 1.807) is 0 Å². The van der Waals surface area contributed by atoms with Crippen LogP contribution in [0, 0.1) is 12.8 Å². The first kappa shape index (κ1) is 24.0. The SMILES string of the molecule is CCNC(=NCC(C)CN1CCOCC1)NCCc1c[nH]c2cc(C)ccc12.I. The van der Waals surface area contributed by atoms with Gasteiger partial charge in [-0.25, -0.2) is 0 Å². The highest BCUT2D eigenvalue weighted by Gasteiger charge is 2.13. The number of guanidine groups is 1. The average Bonchev–Trinajstić information content (AvgIpc) is 3.09. The Morgan fingerprint density at radius 3 is 2.83 bits per heavy atom. The molecule has 1 aliphatic heterocycles. The van der Waals surface area contributed by atoms with Gasteiger partial charge < -0.3 is 20.4 Å². The number of aryl methyl sites for hydroxylation is 1. The third-order valence-electron chi connectivity index (χ3n) is 5.19. The van der Waals surface area contributed by atoms with E-state index in [9.17, 15) is 0 Å². The number of rotatable bonds is 8. The molecule has 0 bridgehead atoms. The Morgan fingerprint density at radius 2 is 2.07 bits per heavy atom. The summed E-state index contributed by atoms with van der Waals surface area (Å²) in [4.78, 5) is 10.7. The maximum absolute atomic E-state index is 5.43. The van der Waals surface area contributed by atoms with Crippen LogP contribution in [-0.2, 0) is 11.2 Å². The topological polar surface area (TPSA) is 64.7 Å². The molecule has 1 aromatic heterocycles. The lowest BCUT2D eigenvalue weighted by atomic mass is 10.1. The quantitative estimate of drug-likeness (QED) is 0.288. The first-order valence-electron chi connectivity index (χ1n) is 10.5. The van der Waals surface area contributed by atoms with Gasteiger partial charge in [-0.2, -0.15) is 0 Å². The molecule has 2 heterocycles. The van der Waals surface area contributed by atoms with E-state index in [4.69, 9.17) is 9.73 Å². The van der Waals surface area contributed by atoms with Gasteiger partial charge in [-0.1, -0.05) is 19.1 Å². The summed E-state index contributed by atoms with van der Waals surface area (Å²) in [5, 5.41) is 8.16. The molecule has 3 rings (SSSR count). The molecule has 1 fully saturated rings. The molecular weight excluding hydrogens is 477 g/mol. The molecule has 29 heavy (non-hydrogen) atoms. The third kappa shape index (κ3) is 7.46. The molecule has 1 unspecified atom stereocenters. The van der Waals surface area contributed by atoms with Gasteiger partial charge in [0.05, 0.1) is 13.2 Å². The third-order valence-corrected chi connectivity index (χ3v) is 5.19. The summed E-state index contributed by atoms with van der Waals surface area (Å²) in [5.74, 6) is 1.44. The summed E-state index contributed by atoms with van der Waals surface area (Å²) in [6, 6.07) is 6.59. The Bertz CT molecular complexity index is 770. The summed E-state index contributed by atoms with van der Waals surface area (Å²) in [5.41, 5.74) is 3.85. The number of nitrogens with zero attached hydrogens (tertiary/aromatic N) is 2. The van der Waals surface area contributed by atoms with Crippen LogP contribution in [0.15, 0.2) is 29.4 Å². The summed E-state index contributed by atoms with van der Waals surface area (Å²) in [6.07, 6.45) is 3.09. The number of aromatic nitrogens is 1. The normalized spacial score (nSPS) is 16.4. The Hall–Kier alpha value is -1.32. The number of aromatic amines is 1. The fraction of sp³-hybridized carbons (Fsp3) is 0.591. The number of nitrogens with one attached hydrogen (secondary N) is 3. The maximum Gasteiger partial charge on any atom is 0.191 e. The van der Waals surface area contributed by atoms with Crippen LogP contribution in [0.4, 0.5) is 0 Å². The van der Waals surface area contributed by atoms with Crippen molar-refractivity contribution in [2.24, 2.45) is 10.9 Å². The van der Waals surface area contributed by atoms with E-state index in [1.165, 1.54) is 22.0 Å². The smallest absolute Gasteiger partial charge is 0.191 e. The lowest BCUT2D eigenvalue weighted by molar-refractivity contribution is 0.0323. The van der Waals surface area contributed by atoms with E-state index in [0.29, 0.717) is 5.92 Å². The number of ether oxygens (including phenoxy) is 1. The summed E-state index contributed by atoms with van der Waals surface area (Å²) in [6.45, 7) is 13.9. The first-order chi connectivity index (χ1) is 13.7. The summed E-state index contributed by atoms with van der Waals surface area (Å²) in [7, 11) is 0. The zero-order valence-electron chi connectivity index (χ0n) is 18.0. The van der Waals surface area contributed by atoms with E-state index in [2.05, 4.69) is 65.7 Å². The van der Waals surface area contributed by atoms with Crippen molar-refractivity contribution in [1.82, 2.24) is 20.5 Å². The molecular formula is C22H36IN5O. The highest BCUT2D eigenvalue weighted by molar-refractivity contribution is 14.0. The number of morpholine rings is 1. The molecule has 0 radical (unpaired) electrons. The Kier molecular flexibility index (Phi) is 10.2. The largest absolute Gasteiger partial charge is 0.379 e. The van der Waals surface area contributed by atoms with Crippen LogP contribution in [0.3, 0.4) is 0 Å². The predicted molar refractivity (Wildman–Crippen MR) is 133 cm³/mol. The maximum atomic E-state index is 5.43. The van der Waals surface area contributed by atoms with Gasteiger partial charge in [0.2, 0.25) is 0 Å². The monoisotopic (exact) mass is 513 g/mol. The van der Waals surface area contributed by atoms with Gasteiger partial charge in [0.25, 0.3) is 0 Å². The highest BCUT2D eigenvalue weighted by atomic mass is 127. The van der Waals surface area contributed by atoms with Gasteiger partial charge in [-0.15, -0.1) is 24.0 Å². The summed E-state index contributed by atoms with van der Waals surface area (Å²) < 4.78 is 5.43. The van der Waals surface area contributed by atoms with E-state index in [0.717, 1.165) is 64.9 Å². The molecule has 2 aromatic rings. The van der Waals surface area contributed by atoms with E-state index in [-0.39, 0.29) is 24.0 Å². The van der Waals surface area contributed by atoms with Crippen LogP contribution in [0.2, 0.25) is 0 Å². The number of hydrogen-bond acceptors (Lipinski definition) is 3. The molecule has 3 N–H and O–H groups in total. The van der Waals surface area contributed by atoms with E-state index < -0.39 is 0 Å². The van der Waals surface area contributed by atoms with Crippen molar-refractivity contribution in [2.45, 2.75) is 27.2 Å². The van der Waals surface area contributed by atoms with Gasteiger partial charge in [0, 0.05) is 56.4 Å². The minimum absolute atomic E-state index is 0. The molecule has 6 nitrogen and oxygen atoms in total. The molecule has 0 spiro atoms. The fourth-order valence-corrected chi connectivity index (χ4v) is 3.69. The molecule has 162 valence electrons. The van der Waals surface area contributed by atoms with E-state index >= 15 is 0 Å². The number of fused-ring (bicyclic) bond motifs is 1. The van der Waals surface area contributed by atoms with Gasteiger partial charge in [0.15, 0.2) is 5.96 Å². The second-order valence-corrected chi connectivity index (χ2v) is 7.78. The van der Waals surface area contributed by atoms with Crippen LogP contribution in [0.5, 0.6) is 0 Å². The van der Waals surface area contributed by atoms with Gasteiger partial charge >= 0.3 is 0 Å². The Labute approximate surface area is 191 Å². The number of halogens is 1. The molecule has 0 amide bonds. The lowest BCUT2D eigenvalue weighted by Gasteiger charge is -2.28. The van der Waals surface area contributed by atoms with Crippen molar-refractivity contribution < 1.29 is 4.74 Å². The molecule has 1 aliphatic rings. The Morgan fingerprint density at radius 1 is 1.28 bits per heavy atom. The number of H-pyrrole nitrogens is 1. The number of hydrogen-bond donors (Lipinski definition) is 3. The van der Waals surface area contributed by atoms with Gasteiger partial charge in [0.1, 0.15) is 0 Å². The molecule has 1 saturated heterocycles. The van der Waals surface area contributed by atoms with Crippen molar-refractivity contribution in [1.29, 1.82) is 0 Å². The predicted octanol–water partition coefficient (Wildman–Crippen LogP) is 3.16. The zero-order valence-corrected chi connectivity index (χ0v) is 20.3. The number of aliphatic imine (C=N–C) groups is 1. The first-order valence-corrected chi connectivity index (χ1v) is 10.5. The second-order valence-electron chi connectivity index (χ2n) is 7.78. The summed E-state index contributed by atoms with van der Waals surface area (Å²) >= 11 is 0. The van der Waals surface area contributed by atoms with Crippen molar-refractivity contribution in [3.8, 4) is 0 Å². The van der Waals surface area contributed by atoms with Crippen LogP contribution in [0.1, 0.15) is 25.0 Å². The van der Waals surface area contributed by atoms with Crippen molar-refractivity contribution in [3.05, 3.63) is 35.5 Å². The molecule has 0 aliphatic carbocycles.